The molecule has 2 aromatic rings. The Morgan fingerprint density at radius 1 is 1.40 bits per heavy atom. The van der Waals surface area contributed by atoms with Gasteiger partial charge in [0.2, 0.25) is 0 Å². The standard InChI is InChI=1S/C12H16N4O3S/c1-9-4-3-5-11(14-9)7-16(2)20(18,19)12-10(8-17)6-13-15-12/h3-6,17H,7-8H2,1-2H3,(H,13,15). The minimum atomic E-state index is -3.73. The first-order chi connectivity index (χ1) is 9.45. The molecule has 0 fully saturated rings. The molecule has 2 rings (SSSR count). The largest absolute Gasteiger partial charge is 0.392 e. The van der Waals surface area contributed by atoms with Crippen molar-refractivity contribution in [3.8, 4) is 0 Å². The Labute approximate surface area is 117 Å². The molecular formula is C12H16N4O3S. The van der Waals surface area contributed by atoms with E-state index >= 15 is 0 Å². The highest BCUT2D eigenvalue weighted by Gasteiger charge is 2.26. The van der Waals surface area contributed by atoms with Crippen molar-refractivity contribution in [3.63, 3.8) is 0 Å². The van der Waals surface area contributed by atoms with E-state index in [0.29, 0.717) is 5.69 Å². The van der Waals surface area contributed by atoms with E-state index in [1.54, 1.807) is 6.07 Å². The van der Waals surface area contributed by atoms with Crippen molar-refractivity contribution in [2.75, 3.05) is 7.05 Å². The molecule has 0 saturated carbocycles. The summed E-state index contributed by atoms with van der Waals surface area (Å²) in [6, 6.07) is 5.43. The lowest BCUT2D eigenvalue weighted by Gasteiger charge is -2.16. The van der Waals surface area contributed by atoms with Crippen LogP contribution in [0.3, 0.4) is 0 Å². The number of pyridine rings is 1. The highest BCUT2D eigenvalue weighted by Crippen LogP contribution is 2.17. The molecule has 2 aromatic heterocycles. The van der Waals surface area contributed by atoms with Crippen molar-refractivity contribution < 1.29 is 13.5 Å². The van der Waals surface area contributed by atoms with Crippen molar-refractivity contribution in [1.82, 2.24) is 19.5 Å². The van der Waals surface area contributed by atoms with Gasteiger partial charge in [0, 0.05) is 18.3 Å². The van der Waals surface area contributed by atoms with Gasteiger partial charge >= 0.3 is 0 Å². The molecule has 0 saturated heterocycles. The van der Waals surface area contributed by atoms with E-state index < -0.39 is 10.0 Å². The van der Waals surface area contributed by atoms with Gasteiger partial charge < -0.3 is 5.11 Å². The number of aliphatic hydroxyl groups is 1. The number of rotatable bonds is 5. The van der Waals surface area contributed by atoms with Gasteiger partial charge in [0.25, 0.3) is 10.0 Å². The number of nitrogens with one attached hydrogen (secondary N) is 1. The number of H-pyrrole nitrogens is 1. The van der Waals surface area contributed by atoms with Crippen LogP contribution in [0.15, 0.2) is 29.4 Å². The second kappa shape index (κ2) is 5.70. The first-order valence-corrected chi connectivity index (χ1v) is 7.41. The normalized spacial score (nSPS) is 12.0. The van der Waals surface area contributed by atoms with Gasteiger partial charge in [-0.3, -0.25) is 10.1 Å². The monoisotopic (exact) mass is 296 g/mol. The number of hydrogen-bond acceptors (Lipinski definition) is 5. The quantitative estimate of drug-likeness (QED) is 0.833. The van der Waals surface area contributed by atoms with E-state index in [0.717, 1.165) is 5.69 Å². The van der Waals surface area contributed by atoms with E-state index in [1.807, 2.05) is 19.1 Å². The second-order valence-corrected chi connectivity index (χ2v) is 6.40. The number of hydrogen-bond donors (Lipinski definition) is 2. The summed E-state index contributed by atoms with van der Waals surface area (Å²) in [6.45, 7) is 1.60. The molecule has 2 heterocycles. The highest BCUT2D eigenvalue weighted by molar-refractivity contribution is 7.89. The van der Waals surface area contributed by atoms with Crippen LogP contribution in [0.4, 0.5) is 0 Å². The maximum atomic E-state index is 12.4. The molecule has 20 heavy (non-hydrogen) atoms. The van der Waals surface area contributed by atoms with Gasteiger partial charge in [0.15, 0.2) is 5.03 Å². The van der Waals surface area contributed by atoms with Crippen molar-refractivity contribution in [2.45, 2.75) is 25.1 Å². The third kappa shape index (κ3) is 2.87. The maximum absolute atomic E-state index is 12.4. The maximum Gasteiger partial charge on any atom is 0.260 e. The van der Waals surface area contributed by atoms with E-state index in [1.165, 1.54) is 17.5 Å². The first-order valence-electron chi connectivity index (χ1n) is 5.97. The SMILES string of the molecule is Cc1cccc(CN(C)S(=O)(=O)c2[nH]ncc2CO)n1. The zero-order valence-corrected chi connectivity index (χ0v) is 12.1. The molecule has 2 N–H and O–H groups in total. The van der Waals surface area contributed by atoms with Crippen LogP contribution in [0.2, 0.25) is 0 Å². The number of sulfonamides is 1. The molecule has 0 bridgehead atoms. The second-order valence-electron chi connectivity index (χ2n) is 4.41. The number of aliphatic hydroxyl groups excluding tert-OH is 1. The Kier molecular flexibility index (Phi) is 4.17. The van der Waals surface area contributed by atoms with Crippen LogP contribution in [-0.2, 0) is 23.2 Å². The molecule has 0 atom stereocenters. The highest BCUT2D eigenvalue weighted by atomic mass is 32.2. The van der Waals surface area contributed by atoms with Crippen LogP contribution in [-0.4, -0.2) is 40.1 Å². The molecule has 0 aliphatic rings. The molecule has 0 spiro atoms. The molecule has 0 aromatic carbocycles. The van der Waals surface area contributed by atoms with E-state index in [4.69, 9.17) is 5.11 Å². The molecule has 0 radical (unpaired) electrons. The average Bonchev–Trinajstić information content (AvgIpc) is 2.87. The van der Waals surface area contributed by atoms with Gasteiger partial charge in [0.05, 0.1) is 25.0 Å². The molecule has 108 valence electrons. The zero-order valence-electron chi connectivity index (χ0n) is 11.2. The fourth-order valence-electron chi connectivity index (χ4n) is 1.79. The predicted octanol–water partition coefficient (Wildman–Crippen LogP) is 0.426. The van der Waals surface area contributed by atoms with Crippen LogP contribution in [0.5, 0.6) is 0 Å². The van der Waals surface area contributed by atoms with Gasteiger partial charge in [-0.05, 0) is 19.1 Å². The van der Waals surface area contributed by atoms with Gasteiger partial charge in [0.1, 0.15) is 0 Å². The number of aromatic nitrogens is 3. The van der Waals surface area contributed by atoms with E-state index in [2.05, 4.69) is 15.2 Å². The number of nitrogens with zero attached hydrogens (tertiary/aromatic N) is 3. The van der Waals surface area contributed by atoms with E-state index in [-0.39, 0.29) is 23.7 Å². The third-order valence-electron chi connectivity index (χ3n) is 2.85. The molecule has 0 unspecified atom stereocenters. The minimum absolute atomic E-state index is 0.0878. The Bertz CT molecular complexity index is 696. The Morgan fingerprint density at radius 2 is 2.15 bits per heavy atom. The minimum Gasteiger partial charge on any atom is -0.392 e. The third-order valence-corrected chi connectivity index (χ3v) is 4.67. The van der Waals surface area contributed by atoms with Crippen LogP contribution in [0.1, 0.15) is 17.0 Å². The van der Waals surface area contributed by atoms with Gasteiger partial charge in [-0.1, -0.05) is 6.07 Å². The Balaban J connectivity index is 2.26. The molecule has 7 nitrogen and oxygen atoms in total. The van der Waals surface area contributed by atoms with Crippen molar-refractivity contribution in [3.05, 3.63) is 41.3 Å². The van der Waals surface area contributed by atoms with Crippen molar-refractivity contribution >= 4 is 10.0 Å². The molecular weight excluding hydrogens is 280 g/mol. The lowest BCUT2D eigenvalue weighted by Crippen LogP contribution is -2.28. The summed E-state index contributed by atoms with van der Waals surface area (Å²) in [6.07, 6.45) is 1.30. The summed E-state index contributed by atoms with van der Waals surface area (Å²) in [5.41, 5.74) is 1.72. The summed E-state index contributed by atoms with van der Waals surface area (Å²) < 4.78 is 25.9. The lowest BCUT2D eigenvalue weighted by molar-refractivity contribution is 0.278. The van der Waals surface area contributed by atoms with Gasteiger partial charge in [-0.25, -0.2) is 8.42 Å². The van der Waals surface area contributed by atoms with Crippen LogP contribution in [0.25, 0.3) is 0 Å². The first kappa shape index (κ1) is 14.6. The van der Waals surface area contributed by atoms with Gasteiger partial charge in [-0.2, -0.15) is 9.40 Å². The Morgan fingerprint density at radius 3 is 2.80 bits per heavy atom. The zero-order chi connectivity index (χ0) is 14.8. The van der Waals surface area contributed by atoms with Crippen molar-refractivity contribution in [1.29, 1.82) is 0 Å². The molecule has 0 aliphatic carbocycles. The fourth-order valence-corrected chi connectivity index (χ4v) is 3.02. The summed E-state index contributed by atoms with van der Waals surface area (Å²) >= 11 is 0. The smallest absolute Gasteiger partial charge is 0.260 e. The Hall–Kier alpha value is -1.77. The molecule has 0 amide bonds. The average molecular weight is 296 g/mol. The topological polar surface area (TPSA) is 99.2 Å². The number of aromatic amines is 1. The van der Waals surface area contributed by atoms with E-state index in [9.17, 15) is 8.42 Å². The summed E-state index contributed by atoms with van der Waals surface area (Å²) in [5.74, 6) is 0. The molecule has 0 aliphatic heterocycles. The van der Waals surface area contributed by atoms with Crippen LogP contribution in [0, 0.1) is 6.92 Å². The lowest BCUT2D eigenvalue weighted by atomic mass is 10.3. The number of aryl methyl sites for hydroxylation is 1. The summed E-state index contributed by atoms with van der Waals surface area (Å²) in [5, 5.41) is 15.1. The van der Waals surface area contributed by atoms with Crippen LogP contribution >= 0.6 is 0 Å². The van der Waals surface area contributed by atoms with Crippen molar-refractivity contribution in [2.24, 2.45) is 0 Å². The van der Waals surface area contributed by atoms with Gasteiger partial charge in [-0.15, -0.1) is 0 Å². The molecule has 8 heteroatoms. The predicted molar refractivity (Wildman–Crippen MR) is 72.1 cm³/mol. The summed E-state index contributed by atoms with van der Waals surface area (Å²) in [4.78, 5) is 4.27. The fraction of sp³-hybridized carbons (Fsp3) is 0.333. The summed E-state index contributed by atoms with van der Waals surface area (Å²) in [7, 11) is -2.27. The van der Waals surface area contributed by atoms with Crippen LogP contribution < -0.4 is 0 Å².